The van der Waals surface area contributed by atoms with Crippen LogP contribution in [0.4, 0.5) is 4.39 Å². The lowest BCUT2D eigenvalue weighted by atomic mass is 9.71. The lowest BCUT2D eigenvalue weighted by Gasteiger charge is -2.38. The number of fused-ring (bicyclic) bond motifs is 1. The molecule has 1 aliphatic heterocycles. The molecule has 8 heteroatoms. The minimum Gasteiger partial charge on any atom is -0.352 e. The van der Waals surface area contributed by atoms with E-state index < -0.39 is 6.17 Å². The Morgan fingerprint density at radius 1 is 1.22 bits per heavy atom. The molecule has 0 unspecified atom stereocenters. The van der Waals surface area contributed by atoms with Gasteiger partial charge < -0.3 is 10.2 Å². The van der Waals surface area contributed by atoms with E-state index in [0.717, 1.165) is 31.5 Å². The number of rotatable bonds is 7. The van der Waals surface area contributed by atoms with Gasteiger partial charge in [-0.05, 0) is 74.8 Å². The van der Waals surface area contributed by atoms with Gasteiger partial charge in [0, 0.05) is 36.3 Å². The van der Waals surface area contributed by atoms with Gasteiger partial charge in [-0.1, -0.05) is 29.8 Å². The summed E-state index contributed by atoms with van der Waals surface area (Å²) in [6.45, 7) is 6.00. The van der Waals surface area contributed by atoms with Crippen molar-refractivity contribution in [3.8, 4) is 11.4 Å². The topological polar surface area (TPSA) is 67.2 Å². The van der Waals surface area contributed by atoms with Crippen molar-refractivity contribution in [3.63, 3.8) is 0 Å². The van der Waals surface area contributed by atoms with Crippen molar-refractivity contribution in [2.24, 2.45) is 5.92 Å². The van der Waals surface area contributed by atoms with Crippen LogP contribution in [0.3, 0.4) is 0 Å². The Bertz CT molecular complexity index is 1330. The Morgan fingerprint density at radius 3 is 2.72 bits per heavy atom. The smallest absolute Gasteiger partial charge is 0.262 e. The molecule has 5 rings (SSSR count). The summed E-state index contributed by atoms with van der Waals surface area (Å²) in [5.41, 5.74) is 2.16. The molecule has 1 saturated carbocycles. The van der Waals surface area contributed by atoms with Crippen LogP contribution in [-0.2, 0) is 11.3 Å². The van der Waals surface area contributed by atoms with Crippen LogP contribution in [0.1, 0.15) is 44.6 Å². The highest BCUT2D eigenvalue weighted by Gasteiger charge is 2.33. The molecule has 190 valence electrons. The summed E-state index contributed by atoms with van der Waals surface area (Å²) in [7, 11) is 0. The molecular weight excluding hydrogens is 479 g/mol. The van der Waals surface area contributed by atoms with Gasteiger partial charge in [-0.3, -0.25) is 14.2 Å². The van der Waals surface area contributed by atoms with Crippen molar-refractivity contribution in [3.05, 3.63) is 63.4 Å². The first kappa shape index (κ1) is 24.9. The lowest BCUT2D eigenvalue weighted by molar-refractivity contribution is -0.122. The number of nitrogens with zero attached hydrogens (tertiary/aromatic N) is 3. The fourth-order valence-electron chi connectivity index (χ4n) is 5.47. The van der Waals surface area contributed by atoms with Crippen molar-refractivity contribution >= 4 is 28.4 Å². The Balaban J connectivity index is 1.44. The number of likely N-dealkylation sites (tertiary alicyclic amines) is 1. The molecule has 2 aromatic carbocycles. The van der Waals surface area contributed by atoms with E-state index >= 15 is 0 Å². The van der Waals surface area contributed by atoms with Gasteiger partial charge in [-0.25, -0.2) is 9.37 Å². The van der Waals surface area contributed by atoms with E-state index in [0.29, 0.717) is 52.1 Å². The fraction of sp³-hybridized carbons (Fsp3) is 0.464. The van der Waals surface area contributed by atoms with Gasteiger partial charge in [0.2, 0.25) is 5.91 Å². The molecule has 2 heterocycles. The van der Waals surface area contributed by atoms with Crippen molar-refractivity contribution in [2.45, 2.75) is 57.8 Å². The summed E-state index contributed by atoms with van der Waals surface area (Å²) >= 11 is 6.21. The molecule has 1 atom stereocenters. The van der Waals surface area contributed by atoms with Gasteiger partial charge in [-0.2, -0.15) is 0 Å². The van der Waals surface area contributed by atoms with E-state index in [1.54, 1.807) is 18.2 Å². The fourth-order valence-corrected chi connectivity index (χ4v) is 5.66. The zero-order valence-corrected chi connectivity index (χ0v) is 21.5. The molecule has 1 aromatic heterocycles. The molecule has 0 radical (unpaired) electrons. The number of carbonyl (C=O) groups excluding carboxylic acids is 1. The van der Waals surface area contributed by atoms with Crippen LogP contribution in [0, 0.1) is 5.92 Å². The maximum absolute atomic E-state index is 13.7. The molecular formula is C28H32ClFN4O2. The van der Waals surface area contributed by atoms with Crippen LogP contribution < -0.4 is 10.9 Å². The number of carbonyl (C=O) groups is 1. The summed E-state index contributed by atoms with van der Waals surface area (Å²) in [5, 5.41) is 3.91. The highest BCUT2D eigenvalue weighted by molar-refractivity contribution is 6.30. The third-order valence-corrected chi connectivity index (χ3v) is 7.49. The number of amides is 1. The second-order valence-electron chi connectivity index (χ2n) is 10.5. The number of hydrogen-bond donors (Lipinski definition) is 1. The minimum absolute atomic E-state index is 0.0363. The van der Waals surface area contributed by atoms with Gasteiger partial charge in [-0.15, -0.1) is 0 Å². The van der Waals surface area contributed by atoms with Crippen molar-refractivity contribution in [1.29, 1.82) is 0 Å². The number of halogens is 2. The van der Waals surface area contributed by atoms with Crippen molar-refractivity contribution < 1.29 is 9.18 Å². The van der Waals surface area contributed by atoms with Crippen LogP contribution in [0.15, 0.2) is 47.3 Å². The minimum atomic E-state index is -0.685. The van der Waals surface area contributed by atoms with E-state index in [-0.39, 0.29) is 24.1 Å². The molecule has 1 amide bonds. The van der Waals surface area contributed by atoms with Gasteiger partial charge >= 0.3 is 0 Å². The van der Waals surface area contributed by atoms with Crippen LogP contribution in [-0.4, -0.2) is 52.2 Å². The van der Waals surface area contributed by atoms with Gasteiger partial charge in [0.25, 0.3) is 5.56 Å². The van der Waals surface area contributed by atoms with E-state index in [9.17, 15) is 14.0 Å². The van der Waals surface area contributed by atoms with Gasteiger partial charge in [0.1, 0.15) is 18.5 Å². The number of aromatic nitrogens is 2. The molecule has 1 N–H and O–H groups in total. The zero-order chi connectivity index (χ0) is 25.4. The number of alkyl halides is 1. The molecule has 0 spiro atoms. The summed E-state index contributed by atoms with van der Waals surface area (Å²) in [5.74, 6) is 1.12. The maximum Gasteiger partial charge on any atom is 0.262 e. The molecule has 0 bridgehead atoms. The molecule has 2 aliphatic rings. The first-order chi connectivity index (χ1) is 17.3. The number of benzene rings is 2. The summed E-state index contributed by atoms with van der Waals surface area (Å²) < 4.78 is 14.9. The predicted molar refractivity (Wildman–Crippen MR) is 141 cm³/mol. The molecule has 1 aliphatic carbocycles. The third kappa shape index (κ3) is 5.32. The van der Waals surface area contributed by atoms with Gasteiger partial charge in [0.05, 0.1) is 10.9 Å². The summed E-state index contributed by atoms with van der Waals surface area (Å²) in [6, 6.07) is 13.0. The molecule has 36 heavy (non-hydrogen) atoms. The van der Waals surface area contributed by atoms with E-state index in [4.69, 9.17) is 16.6 Å². The van der Waals surface area contributed by atoms with Crippen molar-refractivity contribution in [1.82, 2.24) is 19.8 Å². The van der Waals surface area contributed by atoms with Crippen molar-refractivity contribution in [2.75, 3.05) is 19.6 Å². The average Bonchev–Trinajstić information content (AvgIpc) is 3.22. The Hall–Kier alpha value is -2.77. The standard InChI is InChI=1S/C28H32ClFN4O2/c1-17(2)31-26(35)16-34-27(20-4-3-5-22(29)12-20)32-25-7-6-19(13-24(25)28(34)36)21-10-18(11-21)14-33-9-8-23(30)15-33/h3-7,12-13,17-18,21,23H,8-11,14-16H2,1-2H3,(H,31,35)/t18?,21?,23-/m1/s1. The van der Waals surface area contributed by atoms with Crippen LogP contribution >= 0.6 is 11.6 Å². The Labute approximate surface area is 215 Å². The lowest BCUT2D eigenvalue weighted by Crippen LogP contribution is -2.37. The largest absolute Gasteiger partial charge is 0.352 e. The zero-order valence-electron chi connectivity index (χ0n) is 20.7. The van der Waals surface area contributed by atoms with Gasteiger partial charge in [0.15, 0.2) is 0 Å². The molecule has 6 nitrogen and oxygen atoms in total. The quantitative estimate of drug-likeness (QED) is 0.497. The summed E-state index contributed by atoms with van der Waals surface area (Å²) in [6.07, 6.45) is 2.04. The third-order valence-electron chi connectivity index (χ3n) is 7.25. The molecule has 3 aromatic rings. The Kier molecular flexibility index (Phi) is 7.13. The Morgan fingerprint density at radius 2 is 2.03 bits per heavy atom. The second kappa shape index (κ2) is 10.3. The SMILES string of the molecule is CC(C)NC(=O)Cn1c(-c2cccc(Cl)c2)nc2ccc(C3CC(CN4CC[C@@H](F)C4)C3)cc2c1=O. The van der Waals surface area contributed by atoms with Crippen LogP contribution in [0.25, 0.3) is 22.3 Å². The number of nitrogens with one attached hydrogen (secondary N) is 1. The summed E-state index contributed by atoms with van der Waals surface area (Å²) in [4.78, 5) is 33.4. The number of hydrogen-bond acceptors (Lipinski definition) is 4. The maximum atomic E-state index is 13.7. The predicted octanol–water partition coefficient (Wildman–Crippen LogP) is 4.78. The molecule has 2 fully saturated rings. The van der Waals surface area contributed by atoms with Crippen LogP contribution in [0.5, 0.6) is 0 Å². The molecule has 1 saturated heterocycles. The monoisotopic (exact) mass is 510 g/mol. The highest BCUT2D eigenvalue weighted by Crippen LogP contribution is 2.42. The van der Waals surface area contributed by atoms with E-state index in [1.165, 1.54) is 4.57 Å². The second-order valence-corrected chi connectivity index (χ2v) is 11.0. The first-order valence-corrected chi connectivity index (χ1v) is 13.1. The normalized spacial score (nSPS) is 22.2. The van der Waals surface area contributed by atoms with E-state index in [2.05, 4.69) is 16.3 Å². The van der Waals surface area contributed by atoms with E-state index in [1.807, 2.05) is 32.0 Å². The average molecular weight is 511 g/mol. The van der Waals surface area contributed by atoms with Crippen LogP contribution in [0.2, 0.25) is 5.02 Å². The highest BCUT2D eigenvalue weighted by atomic mass is 35.5. The first-order valence-electron chi connectivity index (χ1n) is 12.7.